The molecule has 1 aliphatic rings. The monoisotopic (exact) mass is 187 g/mol. The van der Waals surface area contributed by atoms with Crippen LogP contribution in [0.25, 0.3) is 0 Å². The largest absolute Gasteiger partial charge is 0.396 e. The van der Waals surface area contributed by atoms with E-state index >= 15 is 0 Å². The summed E-state index contributed by atoms with van der Waals surface area (Å²) in [5.74, 6) is 0.986. The van der Waals surface area contributed by atoms with Crippen molar-refractivity contribution in [2.75, 3.05) is 13.7 Å². The highest BCUT2D eigenvalue weighted by molar-refractivity contribution is 4.84. The van der Waals surface area contributed by atoms with Crippen molar-refractivity contribution < 1.29 is 5.11 Å². The number of hydrogen-bond acceptors (Lipinski definition) is 2. The van der Waals surface area contributed by atoms with Crippen molar-refractivity contribution in [3.63, 3.8) is 0 Å². The Morgan fingerprint density at radius 3 is 2.08 bits per heavy atom. The van der Waals surface area contributed by atoms with Crippen LogP contribution in [0.5, 0.6) is 0 Å². The quantitative estimate of drug-likeness (QED) is 0.707. The van der Waals surface area contributed by atoms with Gasteiger partial charge in [0.15, 0.2) is 0 Å². The maximum atomic E-state index is 8.07. The van der Waals surface area contributed by atoms with Gasteiger partial charge in [0.25, 0.3) is 0 Å². The lowest BCUT2D eigenvalue weighted by Gasteiger charge is -2.35. The number of nitrogens with one attached hydrogen (secondary N) is 1. The van der Waals surface area contributed by atoms with Crippen LogP contribution in [-0.4, -0.2) is 24.8 Å². The highest BCUT2D eigenvalue weighted by Crippen LogP contribution is 2.29. The Balaban J connectivity index is 0.000000252. The van der Waals surface area contributed by atoms with Gasteiger partial charge in [-0.3, -0.25) is 0 Å². The van der Waals surface area contributed by atoms with Crippen molar-refractivity contribution in [1.29, 1.82) is 0 Å². The summed E-state index contributed by atoms with van der Waals surface area (Å²) in [5, 5.41) is 11.4. The fraction of sp³-hybridized carbons (Fsp3) is 1.00. The van der Waals surface area contributed by atoms with Crippen LogP contribution >= 0.6 is 0 Å². The number of aliphatic hydroxyl groups is 1. The van der Waals surface area contributed by atoms with Crippen LogP contribution < -0.4 is 5.32 Å². The van der Waals surface area contributed by atoms with Gasteiger partial charge < -0.3 is 10.4 Å². The number of rotatable bonds is 4. The van der Waals surface area contributed by atoms with Gasteiger partial charge in [-0.15, -0.1) is 0 Å². The third-order valence-electron chi connectivity index (χ3n) is 2.82. The zero-order chi connectivity index (χ0) is 10.1. The summed E-state index contributed by atoms with van der Waals surface area (Å²) in [7, 11) is 2.06. The summed E-state index contributed by atoms with van der Waals surface area (Å²) in [6, 6.07) is 0.847. The average Bonchev–Trinajstić information content (AvgIpc) is 2.07. The second kappa shape index (κ2) is 8.52. The molecule has 1 aliphatic carbocycles. The van der Waals surface area contributed by atoms with Gasteiger partial charge in [0.05, 0.1) is 0 Å². The minimum atomic E-state index is 0.344. The Labute approximate surface area is 82.7 Å². The van der Waals surface area contributed by atoms with E-state index in [-0.39, 0.29) is 0 Å². The van der Waals surface area contributed by atoms with Crippen LogP contribution in [-0.2, 0) is 0 Å². The third kappa shape index (κ3) is 5.27. The van der Waals surface area contributed by atoms with Crippen molar-refractivity contribution in [1.82, 2.24) is 5.32 Å². The topological polar surface area (TPSA) is 32.3 Å². The van der Waals surface area contributed by atoms with E-state index in [9.17, 15) is 0 Å². The molecule has 0 spiro atoms. The molecule has 0 heterocycles. The molecule has 0 aromatic heterocycles. The number of hydrogen-bond donors (Lipinski definition) is 2. The Kier molecular flexibility index (Phi) is 8.46. The van der Waals surface area contributed by atoms with Gasteiger partial charge in [0, 0.05) is 12.6 Å². The molecule has 1 saturated carbocycles. The highest BCUT2D eigenvalue weighted by Gasteiger charge is 2.26. The zero-order valence-electron chi connectivity index (χ0n) is 9.34. The van der Waals surface area contributed by atoms with Crippen LogP contribution in [0.4, 0.5) is 0 Å². The van der Waals surface area contributed by atoms with Crippen molar-refractivity contribution in [2.45, 2.75) is 52.0 Å². The second-order valence-electron chi connectivity index (χ2n) is 3.72. The van der Waals surface area contributed by atoms with Gasteiger partial charge >= 0.3 is 0 Å². The van der Waals surface area contributed by atoms with Gasteiger partial charge in [-0.2, -0.15) is 0 Å². The van der Waals surface area contributed by atoms with E-state index in [1.165, 1.54) is 19.3 Å². The molecule has 0 aromatic carbocycles. The maximum absolute atomic E-state index is 8.07. The molecule has 0 aliphatic heterocycles. The number of unbranched alkanes of at least 4 members (excludes halogenated alkanes) is 1. The fourth-order valence-electron chi connectivity index (χ4n) is 1.60. The average molecular weight is 187 g/mol. The lowest BCUT2D eigenvalue weighted by molar-refractivity contribution is 0.215. The van der Waals surface area contributed by atoms with Gasteiger partial charge in [-0.05, 0) is 32.2 Å². The lowest BCUT2D eigenvalue weighted by atomic mass is 9.78. The SMILES string of the molecule is CCC1CCC1NC.CCCCO. The van der Waals surface area contributed by atoms with Crippen molar-refractivity contribution in [3.05, 3.63) is 0 Å². The molecule has 2 N–H and O–H groups in total. The summed E-state index contributed by atoms with van der Waals surface area (Å²) in [5.41, 5.74) is 0. The van der Waals surface area contributed by atoms with Crippen LogP contribution in [0.1, 0.15) is 46.0 Å². The Morgan fingerprint density at radius 1 is 1.31 bits per heavy atom. The Bertz CT molecular complexity index is 90.3. The minimum absolute atomic E-state index is 0.344. The number of aliphatic hydroxyl groups excluding tert-OH is 1. The van der Waals surface area contributed by atoms with E-state index in [2.05, 4.69) is 26.2 Å². The van der Waals surface area contributed by atoms with Gasteiger partial charge in [0.2, 0.25) is 0 Å². The zero-order valence-corrected chi connectivity index (χ0v) is 9.34. The molecule has 0 bridgehead atoms. The molecular weight excluding hydrogens is 162 g/mol. The van der Waals surface area contributed by atoms with Crippen molar-refractivity contribution in [2.24, 2.45) is 5.92 Å². The van der Waals surface area contributed by atoms with Crippen molar-refractivity contribution >= 4 is 0 Å². The van der Waals surface area contributed by atoms with Crippen LogP contribution in [0.2, 0.25) is 0 Å². The fourth-order valence-corrected chi connectivity index (χ4v) is 1.60. The first-order chi connectivity index (χ1) is 6.29. The second-order valence-corrected chi connectivity index (χ2v) is 3.72. The van der Waals surface area contributed by atoms with E-state index in [1.807, 2.05) is 0 Å². The van der Waals surface area contributed by atoms with E-state index in [0.717, 1.165) is 24.8 Å². The Hall–Kier alpha value is -0.0800. The molecule has 0 saturated heterocycles. The molecule has 2 unspecified atom stereocenters. The minimum Gasteiger partial charge on any atom is -0.396 e. The standard InChI is InChI=1S/C7H15N.C4H10O/c1-3-6-4-5-7(6)8-2;1-2-3-4-5/h6-8H,3-5H2,1-2H3;5H,2-4H2,1H3. The summed E-state index contributed by atoms with van der Waals surface area (Å²) < 4.78 is 0. The molecule has 0 amide bonds. The summed E-state index contributed by atoms with van der Waals surface area (Å²) in [6.07, 6.45) is 6.24. The molecule has 2 nitrogen and oxygen atoms in total. The van der Waals surface area contributed by atoms with E-state index < -0.39 is 0 Å². The molecule has 1 fully saturated rings. The summed E-state index contributed by atoms with van der Waals surface area (Å²) >= 11 is 0. The molecule has 2 atom stereocenters. The molecule has 80 valence electrons. The van der Waals surface area contributed by atoms with Crippen LogP contribution in [0, 0.1) is 5.92 Å². The van der Waals surface area contributed by atoms with Crippen LogP contribution in [0.3, 0.4) is 0 Å². The van der Waals surface area contributed by atoms with E-state index in [4.69, 9.17) is 5.11 Å². The lowest BCUT2D eigenvalue weighted by Crippen LogP contribution is -2.41. The van der Waals surface area contributed by atoms with E-state index in [1.54, 1.807) is 0 Å². The smallest absolute Gasteiger partial charge is 0.0430 e. The predicted octanol–water partition coefficient (Wildman–Crippen LogP) is 2.17. The highest BCUT2D eigenvalue weighted by atomic mass is 16.2. The first-order valence-electron chi connectivity index (χ1n) is 5.58. The molecule has 0 radical (unpaired) electrons. The summed E-state index contributed by atoms with van der Waals surface area (Å²) in [4.78, 5) is 0. The summed E-state index contributed by atoms with van der Waals surface area (Å²) in [6.45, 7) is 4.67. The molecular formula is C11H25NO. The molecule has 1 rings (SSSR count). The van der Waals surface area contributed by atoms with Gasteiger partial charge in [-0.1, -0.05) is 26.7 Å². The normalized spacial score (nSPS) is 25.8. The van der Waals surface area contributed by atoms with Crippen LogP contribution in [0.15, 0.2) is 0 Å². The van der Waals surface area contributed by atoms with Gasteiger partial charge in [-0.25, -0.2) is 0 Å². The maximum Gasteiger partial charge on any atom is 0.0430 e. The van der Waals surface area contributed by atoms with Gasteiger partial charge in [0.1, 0.15) is 0 Å². The molecule has 2 heteroatoms. The molecule has 13 heavy (non-hydrogen) atoms. The first-order valence-corrected chi connectivity index (χ1v) is 5.58. The molecule has 0 aromatic rings. The van der Waals surface area contributed by atoms with Crippen molar-refractivity contribution in [3.8, 4) is 0 Å². The van der Waals surface area contributed by atoms with E-state index in [0.29, 0.717) is 6.61 Å². The Morgan fingerprint density at radius 2 is 2.00 bits per heavy atom. The first kappa shape index (κ1) is 12.9. The predicted molar refractivity (Wildman–Crippen MR) is 57.9 cm³/mol. The third-order valence-corrected chi connectivity index (χ3v) is 2.82.